The van der Waals surface area contributed by atoms with Gasteiger partial charge in [-0.05, 0) is 70.5 Å². The molecule has 1 aliphatic heterocycles. The minimum absolute atomic E-state index is 0.0980. The fourth-order valence-electron chi connectivity index (χ4n) is 3.27. The third-order valence-corrected chi connectivity index (χ3v) is 6.22. The summed E-state index contributed by atoms with van der Waals surface area (Å²) in [4.78, 5) is 39.3. The number of anilines is 3. The molecule has 0 bridgehead atoms. The predicted octanol–water partition coefficient (Wildman–Crippen LogP) is 5.80. The first-order chi connectivity index (χ1) is 16.3. The van der Waals surface area contributed by atoms with E-state index in [2.05, 4.69) is 26.6 Å². The molecule has 2 N–H and O–H groups in total. The molecule has 0 saturated carbocycles. The van der Waals surface area contributed by atoms with E-state index in [0.717, 1.165) is 9.37 Å². The Balaban J connectivity index is 1.52. The van der Waals surface area contributed by atoms with E-state index in [1.807, 2.05) is 18.2 Å². The van der Waals surface area contributed by atoms with Gasteiger partial charge in [0.25, 0.3) is 17.7 Å². The van der Waals surface area contributed by atoms with Crippen molar-refractivity contribution in [2.75, 3.05) is 22.6 Å². The summed E-state index contributed by atoms with van der Waals surface area (Å²) in [5.74, 6) is -1.38. The Bertz CT molecular complexity index is 1340. The number of halogens is 3. The van der Waals surface area contributed by atoms with Gasteiger partial charge in [0.2, 0.25) is 0 Å². The molecule has 0 aromatic heterocycles. The normalized spacial score (nSPS) is 13.4. The highest BCUT2D eigenvalue weighted by Crippen LogP contribution is 2.37. The molecule has 0 aliphatic carbocycles. The zero-order valence-electron chi connectivity index (χ0n) is 17.6. The van der Waals surface area contributed by atoms with Crippen LogP contribution >= 0.6 is 39.1 Å². The number of imide groups is 1. The summed E-state index contributed by atoms with van der Waals surface area (Å²) >= 11 is 15.6. The first-order valence-corrected chi connectivity index (χ1v) is 11.4. The van der Waals surface area contributed by atoms with E-state index in [4.69, 9.17) is 27.9 Å². The number of carbonyl (C=O) groups is 3. The number of nitrogens with one attached hydrogen (secondary N) is 2. The predicted molar refractivity (Wildman–Crippen MR) is 136 cm³/mol. The van der Waals surface area contributed by atoms with Crippen LogP contribution in [0.4, 0.5) is 17.1 Å². The van der Waals surface area contributed by atoms with Crippen LogP contribution in [0.2, 0.25) is 5.02 Å². The van der Waals surface area contributed by atoms with Crippen LogP contribution in [-0.4, -0.2) is 24.8 Å². The van der Waals surface area contributed by atoms with Crippen molar-refractivity contribution in [1.29, 1.82) is 0 Å². The number of nitrogens with zero attached hydrogens (tertiary/aromatic N) is 1. The number of methoxy groups -OCH3 is 1. The fraction of sp³-hybridized carbons (Fsp3) is 0.0417. The topological polar surface area (TPSA) is 87.7 Å². The molecule has 34 heavy (non-hydrogen) atoms. The van der Waals surface area contributed by atoms with E-state index >= 15 is 0 Å². The van der Waals surface area contributed by atoms with E-state index in [0.29, 0.717) is 22.0 Å². The lowest BCUT2D eigenvalue weighted by molar-refractivity contribution is -0.120. The summed E-state index contributed by atoms with van der Waals surface area (Å²) in [6, 6.07) is 18.2. The van der Waals surface area contributed by atoms with Gasteiger partial charge in [-0.2, -0.15) is 0 Å². The Labute approximate surface area is 213 Å². The number of hydrogen-bond acceptors (Lipinski definition) is 5. The van der Waals surface area contributed by atoms with Crippen LogP contribution in [0.3, 0.4) is 0 Å². The summed E-state index contributed by atoms with van der Waals surface area (Å²) < 4.78 is 6.01. The molecule has 1 heterocycles. The standard InChI is InChI=1S/C24H16BrCl2N3O4/c1-34-19-11-8-14(26)12-18(19)30-23(32)20(27)21(24(30)33)28-15-9-6-13(7-10-15)22(31)29-17-5-3-2-4-16(17)25/h2-12,28H,1H3,(H,29,31). The molecule has 0 spiro atoms. The molecule has 1 aliphatic rings. The van der Waals surface area contributed by atoms with Gasteiger partial charge < -0.3 is 15.4 Å². The summed E-state index contributed by atoms with van der Waals surface area (Å²) in [5.41, 5.74) is 1.59. The quantitative estimate of drug-likeness (QED) is 0.372. The third-order valence-electron chi connectivity index (χ3n) is 4.95. The second-order valence-corrected chi connectivity index (χ2v) is 8.76. The van der Waals surface area contributed by atoms with E-state index in [9.17, 15) is 14.4 Å². The van der Waals surface area contributed by atoms with Crippen LogP contribution in [0.5, 0.6) is 5.75 Å². The van der Waals surface area contributed by atoms with E-state index in [-0.39, 0.29) is 28.1 Å². The molecule has 3 aromatic rings. The number of benzene rings is 3. The zero-order chi connectivity index (χ0) is 24.4. The summed E-state index contributed by atoms with van der Waals surface area (Å²) in [6.45, 7) is 0. The molecular weight excluding hydrogens is 545 g/mol. The van der Waals surface area contributed by atoms with Gasteiger partial charge in [-0.15, -0.1) is 0 Å². The average Bonchev–Trinajstić information content (AvgIpc) is 3.04. The molecule has 0 saturated heterocycles. The third kappa shape index (κ3) is 4.65. The smallest absolute Gasteiger partial charge is 0.283 e. The van der Waals surface area contributed by atoms with Gasteiger partial charge in [0, 0.05) is 20.7 Å². The maximum atomic E-state index is 13.1. The Kier molecular flexibility index (Phi) is 6.92. The number of para-hydroxylation sites is 1. The Hall–Kier alpha value is -3.33. The van der Waals surface area contributed by atoms with Crippen LogP contribution in [0.15, 0.2) is 81.9 Å². The van der Waals surface area contributed by atoms with Gasteiger partial charge >= 0.3 is 0 Å². The van der Waals surface area contributed by atoms with E-state index < -0.39 is 11.8 Å². The van der Waals surface area contributed by atoms with Crippen molar-refractivity contribution >= 4 is 73.9 Å². The van der Waals surface area contributed by atoms with Crippen molar-refractivity contribution in [3.05, 3.63) is 92.5 Å². The highest BCUT2D eigenvalue weighted by atomic mass is 79.9. The van der Waals surface area contributed by atoms with Gasteiger partial charge in [0.1, 0.15) is 16.5 Å². The molecule has 3 aromatic carbocycles. The number of carbonyl (C=O) groups excluding carboxylic acids is 3. The Morgan fingerprint density at radius 2 is 1.68 bits per heavy atom. The fourth-order valence-corrected chi connectivity index (χ4v) is 4.04. The lowest BCUT2D eigenvalue weighted by atomic mass is 10.2. The largest absolute Gasteiger partial charge is 0.495 e. The van der Waals surface area contributed by atoms with Gasteiger partial charge in [-0.25, -0.2) is 4.90 Å². The molecule has 0 fully saturated rings. The first kappa shape index (κ1) is 23.8. The molecule has 0 atom stereocenters. The Morgan fingerprint density at radius 3 is 2.35 bits per heavy atom. The number of ether oxygens (including phenoxy) is 1. The van der Waals surface area contributed by atoms with Crippen molar-refractivity contribution in [3.63, 3.8) is 0 Å². The monoisotopic (exact) mass is 559 g/mol. The highest BCUT2D eigenvalue weighted by molar-refractivity contribution is 9.10. The van der Waals surface area contributed by atoms with Crippen LogP contribution in [-0.2, 0) is 9.59 Å². The van der Waals surface area contributed by atoms with E-state index in [1.165, 1.54) is 13.2 Å². The van der Waals surface area contributed by atoms with Gasteiger partial charge in [0.15, 0.2) is 0 Å². The average molecular weight is 561 g/mol. The van der Waals surface area contributed by atoms with Crippen molar-refractivity contribution in [2.45, 2.75) is 0 Å². The second-order valence-electron chi connectivity index (χ2n) is 7.09. The van der Waals surface area contributed by atoms with Crippen LogP contribution in [0, 0.1) is 0 Å². The molecule has 172 valence electrons. The summed E-state index contributed by atoms with van der Waals surface area (Å²) in [7, 11) is 1.42. The summed E-state index contributed by atoms with van der Waals surface area (Å²) in [5, 5.41) is 5.73. The van der Waals surface area contributed by atoms with E-state index in [1.54, 1.807) is 42.5 Å². The summed E-state index contributed by atoms with van der Waals surface area (Å²) in [6.07, 6.45) is 0. The van der Waals surface area contributed by atoms with Gasteiger partial charge in [-0.3, -0.25) is 14.4 Å². The van der Waals surface area contributed by atoms with Crippen LogP contribution in [0.1, 0.15) is 10.4 Å². The lowest BCUT2D eigenvalue weighted by Crippen LogP contribution is -2.32. The maximum Gasteiger partial charge on any atom is 0.283 e. The molecule has 7 nitrogen and oxygen atoms in total. The molecule has 0 unspecified atom stereocenters. The van der Waals surface area contributed by atoms with Crippen LogP contribution in [0.25, 0.3) is 0 Å². The Morgan fingerprint density at radius 1 is 0.971 bits per heavy atom. The van der Waals surface area contributed by atoms with Crippen molar-refractivity contribution in [1.82, 2.24) is 0 Å². The minimum atomic E-state index is -0.709. The molecule has 4 rings (SSSR count). The highest BCUT2D eigenvalue weighted by Gasteiger charge is 2.40. The molecule has 3 amide bonds. The SMILES string of the molecule is COc1ccc(Cl)cc1N1C(=O)C(Cl)=C(Nc2ccc(C(=O)Nc3ccccc3Br)cc2)C1=O. The van der Waals surface area contributed by atoms with Crippen molar-refractivity contribution in [2.24, 2.45) is 0 Å². The zero-order valence-corrected chi connectivity index (χ0v) is 20.7. The van der Waals surface area contributed by atoms with Crippen molar-refractivity contribution in [3.8, 4) is 5.75 Å². The van der Waals surface area contributed by atoms with Gasteiger partial charge in [0.05, 0.1) is 18.5 Å². The number of hydrogen-bond donors (Lipinski definition) is 2. The molecule has 10 heteroatoms. The lowest BCUT2D eigenvalue weighted by Gasteiger charge is -2.18. The number of rotatable bonds is 6. The maximum absolute atomic E-state index is 13.1. The first-order valence-electron chi connectivity index (χ1n) is 9.85. The molecular formula is C24H16BrCl2N3O4. The number of amides is 3. The minimum Gasteiger partial charge on any atom is -0.495 e. The second kappa shape index (κ2) is 9.89. The molecule has 0 radical (unpaired) electrons. The van der Waals surface area contributed by atoms with Crippen LogP contribution < -0.4 is 20.3 Å². The van der Waals surface area contributed by atoms with Gasteiger partial charge in [-0.1, -0.05) is 35.3 Å². The van der Waals surface area contributed by atoms with Crippen molar-refractivity contribution < 1.29 is 19.1 Å².